The highest BCUT2D eigenvalue weighted by atomic mass is 35.5. The number of thiophene rings is 1. The number of anilines is 1. The van der Waals surface area contributed by atoms with Crippen LogP contribution in [-0.2, 0) is 4.79 Å². The number of nitriles is 1. The molecule has 0 saturated heterocycles. The quantitative estimate of drug-likeness (QED) is 0.326. The van der Waals surface area contributed by atoms with E-state index in [0.29, 0.717) is 36.2 Å². The van der Waals surface area contributed by atoms with Crippen LogP contribution in [-0.4, -0.2) is 16.5 Å². The van der Waals surface area contributed by atoms with Crippen molar-refractivity contribution in [2.75, 3.05) is 10.7 Å². The Hall–Kier alpha value is -2.80. The molecule has 2 heterocycles. The van der Waals surface area contributed by atoms with Crippen molar-refractivity contribution >= 4 is 51.9 Å². The summed E-state index contributed by atoms with van der Waals surface area (Å²) in [6.07, 6.45) is 1.56. The maximum Gasteiger partial charge on any atom is 0.271 e. The standard InChI is InChI=1S/C22H19ClN4O3S2/c1-2-31-18-8-9-32-21(18)19-13(11-24)22(25)26(15-4-3-5-17(28)20(15)19)16-10-12(27(29)30)6-7-14(16)23/h6-10,19H,2-5,25H2,1H3. The number of hydrogen-bond donors (Lipinski definition) is 1. The summed E-state index contributed by atoms with van der Waals surface area (Å²) < 4.78 is 0. The normalized spacial score (nSPS) is 18.6. The van der Waals surface area contributed by atoms with E-state index in [1.807, 2.05) is 18.4 Å². The number of rotatable bonds is 5. The van der Waals surface area contributed by atoms with Gasteiger partial charge in [0.05, 0.1) is 33.2 Å². The summed E-state index contributed by atoms with van der Waals surface area (Å²) in [6.45, 7) is 2.05. The Morgan fingerprint density at radius 2 is 2.19 bits per heavy atom. The zero-order valence-corrected chi connectivity index (χ0v) is 19.5. The monoisotopic (exact) mass is 486 g/mol. The van der Waals surface area contributed by atoms with Gasteiger partial charge in [0.2, 0.25) is 0 Å². The molecule has 0 spiro atoms. The van der Waals surface area contributed by atoms with E-state index in [9.17, 15) is 20.2 Å². The lowest BCUT2D eigenvalue weighted by molar-refractivity contribution is -0.384. The van der Waals surface area contributed by atoms with Gasteiger partial charge in [0, 0.05) is 39.6 Å². The molecule has 32 heavy (non-hydrogen) atoms. The van der Waals surface area contributed by atoms with Crippen molar-refractivity contribution in [2.45, 2.75) is 37.0 Å². The lowest BCUT2D eigenvalue weighted by Gasteiger charge is -2.39. The number of hydrogen-bond acceptors (Lipinski definition) is 8. The van der Waals surface area contributed by atoms with E-state index < -0.39 is 10.8 Å². The van der Waals surface area contributed by atoms with E-state index in [-0.39, 0.29) is 27.9 Å². The molecule has 0 bridgehead atoms. The van der Waals surface area contributed by atoms with Gasteiger partial charge in [-0.1, -0.05) is 18.5 Å². The number of Topliss-reactive ketones (excluding diaryl/α,β-unsaturated/α-hetero) is 1. The topological polar surface area (TPSA) is 113 Å². The summed E-state index contributed by atoms with van der Waals surface area (Å²) in [4.78, 5) is 27.6. The molecule has 0 amide bonds. The van der Waals surface area contributed by atoms with Crippen LogP contribution in [0.15, 0.2) is 57.2 Å². The molecule has 2 aliphatic rings. The van der Waals surface area contributed by atoms with Gasteiger partial charge in [0.15, 0.2) is 5.78 Å². The van der Waals surface area contributed by atoms with Gasteiger partial charge in [-0.15, -0.1) is 23.1 Å². The van der Waals surface area contributed by atoms with Gasteiger partial charge in [-0.3, -0.25) is 19.8 Å². The second-order valence-electron chi connectivity index (χ2n) is 7.29. The largest absolute Gasteiger partial charge is 0.384 e. The Kier molecular flexibility index (Phi) is 6.29. The van der Waals surface area contributed by atoms with Crippen molar-refractivity contribution in [1.82, 2.24) is 0 Å². The van der Waals surface area contributed by atoms with Gasteiger partial charge >= 0.3 is 0 Å². The maximum absolute atomic E-state index is 13.2. The van der Waals surface area contributed by atoms with Crippen LogP contribution in [0.5, 0.6) is 0 Å². The number of carbonyl (C=O) groups excluding carboxylic acids is 1. The number of non-ortho nitro benzene ring substituents is 1. The number of allylic oxidation sites excluding steroid dienone is 3. The van der Waals surface area contributed by atoms with E-state index in [0.717, 1.165) is 15.5 Å². The molecular formula is C22H19ClN4O3S2. The third-order valence-electron chi connectivity index (χ3n) is 5.51. The summed E-state index contributed by atoms with van der Waals surface area (Å²) in [6, 6.07) is 8.29. The fraction of sp³-hybridized carbons (Fsp3) is 0.273. The van der Waals surface area contributed by atoms with Gasteiger partial charge in [-0.25, -0.2) is 0 Å². The second kappa shape index (κ2) is 8.98. The lowest BCUT2D eigenvalue weighted by atomic mass is 9.78. The Labute approximate surface area is 198 Å². The average molecular weight is 487 g/mol. The number of nitro groups is 1. The van der Waals surface area contributed by atoms with E-state index in [2.05, 4.69) is 6.07 Å². The van der Waals surface area contributed by atoms with Crippen LogP contribution in [0.3, 0.4) is 0 Å². The first-order valence-electron chi connectivity index (χ1n) is 9.99. The highest BCUT2D eigenvalue weighted by Gasteiger charge is 2.42. The van der Waals surface area contributed by atoms with Gasteiger partial charge in [0.25, 0.3) is 5.69 Å². The number of halogens is 1. The minimum atomic E-state index is -0.550. The molecule has 4 rings (SSSR count). The molecule has 7 nitrogen and oxygen atoms in total. The molecule has 1 aliphatic carbocycles. The molecular weight excluding hydrogens is 468 g/mol. The van der Waals surface area contributed by atoms with Crippen LogP contribution in [0.4, 0.5) is 11.4 Å². The summed E-state index contributed by atoms with van der Waals surface area (Å²) in [5, 5.41) is 23.7. The third-order valence-corrected chi connectivity index (χ3v) is 7.90. The van der Waals surface area contributed by atoms with Crippen LogP contribution in [0.1, 0.15) is 37.0 Å². The zero-order chi connectivity index (χ0) is 23.0. The predicted octanol–water partition coefficient (Wildman–Crippen LogP) is 5.73. The minimum Gasteiger partial charge on any atom is -0.384 e. The molecule has 164 valence electrons. The number of ketones is 1. The van der Waals surface area contributed by atoms with Crippen LogP contribution < -0.4 is 10.6 Å². The minimum absolute atomic E-state index is 0.0381. The van der Waals surface area contributed by atoms with Gasteiger partial charge in [-0.2, -0.15) is 5.26 Å². The molecule has 1 aromatic carbocycles. The fourth-order valence-electron chi connectivity index (χ4n) is 4.20. The SMILES string of the molecule is CCSc1ccsc1C1C(C#N)=C(N)N(c2cc([N+](=O)[O-])ccc2Cl)C2=C1C(=O)CCC2. The van der Waals surface area contributed by atoms with Crippen LogP contribution in [0.25, 0.3) is 0 Å². The Bertz CT molecular complexity index is 1230. The molecule has 0 saturated carbocycles. The van der Waals surface area contributed by atoms with Crippen LogP contribution >= 0.6 is 34.7 Å². The fourth-order valence-corrected chi connectivity index (χ4v) is 6.46. The van der Waals surface area contributed by atoms with E-state index in [1.54, 1.807) is 16.7 Å². The van der Waals surface area contributed by atoms with E-state index >= 15 is 0 Å². The molecule has 0 fully saturated rings. The number of nitrogens with zero attached hydrogens (tertiary/aromatic N) is 3. The van der Waals surface area contributed by atoms with Gasteiger partial charge < -0.3 is 5.73 Å². The summed E-state index contributed by atoms with van der Waals surface area (Å²) in [7, 11) is 0. The summed E-state index contributed by atoms with van der Waals surface area (Å²) in [5.74, 6) is 0.413. The number of benzene rings is 1. The van der Waals surface area contributed by atoms with Crippen molar-refractivity contribution in [1.29, 1.82) is 5.26 Å². The van der Waals surface area contributed by atoms with Crippen molar-refractivity contribution in [3.05, 3.63) is 72.3 Å². The average Bonchev–Trinajstić information content (AvgIpc) is 3.22. The first kappa shape index (κ1) is 22.4. The highest BCUT2D eigenvalue weighted by Crippen LogP contribution is 2.50. The number of nitro benzene ring substituents is 1. The molecule has 1 aromatic heterocycles. The zero-order valence-electron chi connectivity index (χ0n) is 17.1. The van der Waals surface area contributed by atoms with E-state index in [1.165, 1.54) is 29.5 Å². The van der Waals surface area contributed by atoms with Gasteiger partial charge in [0.1, 0.15) is 5.82 Å². The van der Waals surface area contributed by atoms with Crippen molar-refractivity contribution < 1.29 is 9.72 Å². The predicted molar refractivity (Wildman–Crippen MR) is 127 cm³/mol. The smallest absolute Gasteiger partial charge is 0.271 e. The summed E-state index contributed by atoms with van der Waals surface area (Å²) >= 11 is 9.58. The number of carbonyl (C=O) groups is 1. The van der Waals surface area contributed by atoms with Crippen molar-refractivity contribution in [3.63, 3.8) is 0 Å². The molecule has 1 atom stereocenters. The molecule has 0 radical (unpaired) electrons. The Morgan fingerprint density at radius 1 is 1.41 bits per heavy atom. The van der Waals surface area contributed by atoms with Crippen molar-refractivity contribution in [3.8, 4) is 6.07 Å². The number of thioether (sulfide) groups is 1. The van der Waals surface area contributed by atoms with Crippen LogP contribution in [0.2, 0.25) is 5.02 Å². The number of nitrogens with two attached hydrogens (primary N) is 1. The highest BCUT2D eigenvalue weighted by molar-refractivity contribution is 7.99. The molecule has 2 aromatic rings. The van der Waals surface area contributed by atoms with E-state index in [4.69, 9.17) is 17.3 Å². The third kappa shape index (κ3) is 3.68. The van der Waals surface area contributed by atoms with Gasteiger partial charge in [-0.05, 0) is 36.1 Å². The molecule has 10 heteroatoms. The lowest BCUT2D eigenvalue weighted by Crippen LogP contribution is -2.38. The Morgan fingerprint density at radius 3 is 2.88 bits per heavy atom. The molecule has 2 N–H and O–H groups in total. The molecule has 1 unspecified atom stereocenters. The first-order valence-corrected chi connectivity index (χ1v) is 12.2. The van der Waals surface area contributed by atoms with Crippen molar-refractivity contribution in [2.24, 2.45) is 5.73 Å². The van der Waals surface area contributed by atoms with Crippen LogP contribution in [0, 0.1) is 21.4 Å². The Balaban J connectivity index is 1.98. The second-order valence-corrected chi connectivity index (χ2v) is 9.95. The first-order chi connectivity index (χ1) is 15.4. The molecule has 1 aliphatic heterocycles. The summed E-state index contributed by atoms with van der Waals surface area (Å²) in [5.41, 5.74) is 8.13. The maximum atomic E-state index is 13.2.